The number of nitrogens with zero attached hydrogens (tertiary/aromatic N) is 1. The van der Waals surface area contributed by atoms with Gasteiger partial charge in [0.15, 0.2) is 6.10 Å². The molecule has 1 fully saturated rings. The molecule has 1 aromatic rings. The molecule has 1 heterocycles. The SMILES string of the molecule is Cc1cccc(OCCN(C)C(=O)[C@@H]2CC[C@H](C(=O)O)O2)c1. The van der Waals surface area contributed by atoms with Gasteiger partial charge in [-0.1, -0.05) is 12.1 Å². The Balaban J connectivity index is 1.76. The lowest BCUT2D eigenvalue weighted by Crippen LogP contribution is -2.39. The first-order valence-electron chi connectivity index (χ1n) is 7.30. The van der Waals surface area contributed by atoms with Crippen molar-refractivity contribution < 1.29 is 24.2 Å². The zero-order valence-corrected chi connectivity index (χ0v) is 12.8. The Kier molecular flexibility index (Phi) is 5.38. The summed E-state index contributed by atoms with van der Waals surface area (Å²) in [4.78, 5) is 24.5. The molecule has 0 saturated carbocycles. The summed E-state index contributed by atoms with van der Waals surface area (Å²) in [6.45, 7) is 2.78. The van der Waals surface area contributed by atoms with Crippen LogP contribution in [0.5, 0.6) is 5.75 Å². The number of carboxylic acid groups (broad SMARTS) is 1. The summed E-state index contributed by atoms with van der Waals surface area (Å²) in [6.07, 6.45) is -0.714. The van der Waals surface area contributed by atoms with Crippen LogP contribution in [0.25, 0.3) is 0 Å². The first-order chi connectivity index (χ1) is 10.5. The van der Waals surface area contributed by atoms with Gasteiger partial charge >= 0.3 is 5.97 Å². The Hall–Kier alpha value is -2.08. The topological polar surface area (TPSA) is 76.1 Å². The first kappa shape index (κ1) is 16.3. The van der Waals surface area contributed by atoms with E-state index in [0.29, 0.717) is 26.0 Å². The predicted octanol–water partition coefficient (Wildman–Crippen LogP) is 1.46. The number of carboxylic acids is 1. The van der Waals surface area contributed by atoms with Crippen LogP contribution in [-0.2, 0) is 14.3 Å². The second-order valence-corrected chi connectivity index (χ2v) is 5.45. The molecule has 0 aromatic heterocycles. The van der Waals surface area contributed by atoms with E-state index in [-0.39, 0.29) is 5.91 Å². The minimum absolute atomic E-state index is 0.198. The molecule has 1 amide bonds. The molecule has 0 unspecified atom stereocenters. The fourth-order valence-corrected chi connectivity index (χ4v) is 2.36. The van der Waals surface area contributed by atoms with Gasteiger partial charge in [-0.2, -0.15) is 0 Å². The molecule has 0 aliphatic carbocycles. The third-order valence-electron chi connectivity index (χ3n) is 3.63. The molecule has 22 heavy (non-hydrogen) atoms. The minimum atomic E-state index is -1.01. The normalized spacial score (nSPS) is 20.6. The van der Waals surface area contributed by atoms with E-state index in [0.717, 1.165) is 11.3 Å². The molecule has 2 atom stereocenters. The second-order valence-electron chi connectivity index (χ2n) is 5.45. The van der Waals surface area contributed by atoms with Gasteiger partial charge in [-0.15, -0.1) is 0 Å². The molecule has 1 aliphatic heterocycles. The molecule has 0 radical (unpaired) electrons. The Labute approximate surface area is 129 Å². The summed E-state index contributed by atoms with van der Waals surface area (Å²) in [7, 11) is 1.67. The highest BCUT2D eigenvalue weighted by Crippen LogP contribution is 2.21. The number of carbonyl (C=O) groups is 2. The van der Waals surface area contributed by atoms with Gasteiger partial charge in [0, 0.05) is 7.05 Å². The van der Waals surface area contributed by atoms with Crippen molar-refractivity contribution in [3.05, 3.63) is 29.8 Å². The lowest BCUT2D eigenvalue weighted by Gasteiger charge is -2.21. The van der Waals surface area contributed by atoms with Crippen molar-refractivity contribution in [1.82, 2.24) is 4.90 Å². The van der Waals surface area contributed by atoms with Gasteiger partial charge in [-0.3, -0.25) is 4.79 Å². The van der Waals surface area contributed by atoms with Gasteiger partial charge in [-0.05, 0) is 37.5 Å². The van der Waals surface area contributed by atoms with Gasteiger partial charge in [0.25, 0.3) is 5.91 Å². The Morgan fingerprint density at radius 3 is 2.73 bits per heavy atom. The Morgan fingerprint density at radius 2 is 2.09 bits per heavy atom. The highest BCUT2D eigenvalue weighted by molar-refractivity contribution is 5.82. The van der Waals surface area contributed by atoms with Gasteiger partial charge in [-0.25, -0.2) is 4.79 Å². The van der Waals surface area contributed by atoms with Gasteiger partial charge in [0.05, 0.1) is 6.54 Å². The molecule has 0 spiro atoms. The number of hydrogen-bond donors (Lipinski definition) is 1. The lowest BCUT2D eigenvalue weighted by molar-refractivity contribution is -0.154. The van der Waals surface area contributed by atoms with Crippen molar-refractivity contribution in [3.63, 3.8) is 0 Å². The van der Waals surface area contributed by atoms with Gasteiger partial charge in [0.2, 0.25) is 0 Å². The molecule has 1 aromatic carbocycles. The lowest BCUT2D eigenvalue weighted by atomic mass is 10.2. The summed E-state index contributed by atoms with van der Waals surface area (Å²) in [5.74, 6) is -0.443. The zero-order chi connectivity index (χ0) is 16.1. The first-order valence-corrected chi connectivity index (χ1v) is 7.30. The van der Waals surface area contributed by atoms with E-state index in [1.54, 1.807) is 7.05 Å². The van der Waals surface area contributed by atoms with E-state index in [1.165, 1.54) is 4.90 Å². The number of carbonyl (C=O) groups excluding carboxylic acids is 1. The van der Waals surface area contributed by atoms with Crippen LogP contribution < -0.4 is 4.74 Å². The van der Waals surface area contributed by atoms with Crippen LogP contribution in [0.15, 0.2) is 24.3 Å². The van der Waals surface area contributed by atoms with Crippen LogP contribution in [0.1, 0.15) is 18.4 Å². The van der Waals surface area contributed by atoms with Gasteiger partial charge in [0.1, 0.15) is 18.5 Å². The van der Waals surface area contributed by atoms with E-state index >= 15 is 0 Å². The average Bonchev–Trinajstić information content (AvgIpc) is 2.96. The maximum atomic E-state index is 12.2. The van der Waals surface area contributed by atoms with E-state index < -0.39 is 18.2 Å². The quantitative estimate of drug-likeness (QED) is 0.861. The number of hydrogen-bond acceptors (Lipinski definition) is 4. The number of likely N-dealkylation sites (N-methyl/N-ethyl adjacent to an activating group) is 1. The number of ether oxygens (including phenoxy) is 2. The fourth-order valence-electron chi connectivity index (χ4n) is 2.36. The molecule has 6 heteroatoms. The van der Waals surface area contributed by atoms with E-state index in [2.05, 4.69) is 0 Å². The number of aliphatic carboxylic acids is 1. The monoisotopic (exact) mass is 307 g/mol. The van der Waals surface area contributed by atoms with Crippen molar-refractivity contribution in [2.24, 2.45) is 0 Å². The van der Waals surface area contributed by atoms with E-state index in [9.17, 15) is 9.59 Å². The molecule has 120 valence electrons. The van der Waals surface area contributed by atoms with Crippen molar-refractivity contribution >= 4 is 11.9 Å². The van der Waals surface area contributed by atoms with Crippen LogP contribution in [0.4, 0.5) is 0 Å². The van der Waals surface area contributed by atoms with Crippen molar-refractivity contribution in [1.29, 1.82) is 0 Å². The van der Waals surface area contributed by atoms with Crippen molar-refractivity contribution in [2.75, 3.05) is 20.2 Å². The number of rotatable bonds is 6. The Morgan fingerprint density at radius 1 is 1.36 bits per heavy atom. The highest BCUT2D eigenvalue weighted by Gasteiger charge is 2.35. The summed E-state index contributed by atoms with van der Waals surface area (Å²) < 4.78 is 10.9. The molecule has 1 N–H and O–H groups in total. The third kappa shape index (κ3) is 4.21. The van der Waals surface area contributed by atoms with Crippen molar-refractivity contribution in [2.45, 2.75) is 32.0 Å². The molecule has 0 bridgehead atoms. The summed E-state index contributed by atoms with van der Waals surface area (Å²) in [5, 5.41) is 8.87. The summed E-state index contributed by atoms with van der Waals surface area (Å²) in [5.41, 5.74) is 1.11. The molecule has 1 aliphatic rings. The maximum Gasteiger partial charge on any atom is 0.332 e. The van der Waals surface area contributed by atoms with E-state index in [1.807, 2.05) is 31.2 Å². The van der Waals surface area contributed by atoms with Crippen molar-refractivity contribution in [3.8, 4) is 5.75 Å². The van der Waals surface area contributed by atoms with Crippen LogP contribution >= 0.6 is 0 Å². The number of amides is 1. The summed E-state index contributed by atoms with van der Waals surface area (Å²) in [6, 6.07) is 7.70. The fraction of sp³-hybridized carbons (Fsp3) is 0.500. The maximum absolute atomic E-state index is 12.2. The second kappa shape index (κ2) is 7.26. The molecular formula is C16H21NO5. The zero-order valence-electron chi connectivity index (χ0n) is 12.8. The third-order valence-corrected chi connectivity index (χ3v) is 3.63. The largest absolute Gasteiger partial charge is 0.492 e. The van der Waals surface area contributed by atoms with Crippen LogP contribution in [0.3, 0.4) is 0 Å². The van der Waals surface area contributed by atoms with Crippen LogP contribution in [0.2, 0.25) is 0 Å². The molecular weight excluding hydrogens is 286 g/mol. The number of benzene rings is 1. The minimum Gasteiger partial charge on any atom is -0.492 e. The predicted molar refractivity (Wildman–Crippen MR) is 79.8 cm³/mol. The van der Waals surface area contributed by atoms with Crippen LogP contribution in [0, 0.1) is 6.92 Å². The average molecular weight is 307 g/mol. The van der Waals surface area contributed by atoms with E-state index in [4.69, 9.17) is 14.6 Å². The number of aryl methyl sites for hydroxylation is 1. The molecule has 6 nitrogen and oxygen atoms in total. The summed E-state index contributed by atoms with van der Waals surface area (Å²) >= 11 is 0. The van der Waals surface area contributed by atoms with Gasteiger partial charge < -0.3 is 19.5 Å². The van der Waals surface area contributed by atoms with Crippen LogP contribution in [-0.4, -0.2) is 54.3 Å². The molecule has 2 rings (SSSR count). The Bertz CT molecular complexity index is 545. The smallest absolute Gasteiger partial charge is 0.332 e. The standard InChI is InChI=1S/C16H21NO5/c1-11-4-3-5-12(10-11)21-9-8-17(2)15(18)13-6-7-14(22-13)16(19)20/h3-5,10,13-14H,6-9H2,1-2H3,(H,19,20)/t13-,14+/m0/s1. The highest BCUT2D eigenvalue weighted by atomic mass is 16.5. The molecule has 1 saturated heterocycles.